The molecule has 0 fully saturated rings. The van der Waals surface area contributed by atoms with Crippen LogP contribution in [0.5, 0.6) is 5.75 Å². The van der Waals surface area contributed by atoms with Crippen molar-refractivity contribution < 1.29 is 4.74 Å². The molecule has 25 heavy (non-hydrogen) atoms. The van der Waals surface area contributed by atoms with Gasteiger partial charge in [-0.25, -0.2) is 4.98 Å². The van der Waals surface area contributed by atoms with Crippen molar-refractivity contribution in [1.82, 2.24) is 9.97 Å². The molecule has 0 radical (unpaired) electrons. The molecular formula is C19H23N3O2S. The normalized spacial score (nSPS) is 11.0. The number of aromatic nitrogens is 2. The van der Waals surface area contributed by atoms with Gasteiger partial charge in [0.15, 0.2) is 0 Å². The molecule has 0 amide bonds. The minimum absolute atomic E-state index is 0.0697. The number of anilines is 1. The standard InChI is InChI=1S/C19H23N3O2S/c1-4-6-11-22(5-2)19-20-15-12-16(25-17(15)18(23)21-19)13-7-9-14(24-3)10-8-13/h7-10,12H,4-6,11H2,1-3H3,(H,20,21,23). The molecule has 0 saturated carbocycles. The summed E-state index contributed by atoms with van der Waals surface area (Å²) in [5.41, 5.74) is 1.74. The molecule has 3 rings (SSSR count). The molecule has 5 nitrogen and oxygen atoms in total. The van der Waals surface area contributed by atoms with E-state index in [0.29, 0.717) is 10.6 Å². The van der Waals surface area contributed by atoms with Crippen molar-refractivity contribution in [2.24, 2.45) is 0 Å². The molecule has 0 unspecified atom stereocenters. The Kier molecular flexibility index (Phi) is 5.38. The fraction of sp³-hybridized carbons (Fsp3) is 0.368. The summed E-state index contributed by atoms with van der Waals surface area (Å²) in [4.78, 5) is 23.3. The van der Waals surface area contributed by atoms with Crippen molar-refractivity contribution in [2.45, 2.75) is 26.7 Å². The molecular weight excluding hydrogens is 334 g/mol. The first kappa shape index (κ1) is 17.5. The van der Waals surface area contributed by atoms with Crippen LogP contribution in [0.4, 0.5) is 5.95 Å². The van der Waals surface area contributed by atoms with Gasteiger partial charge in [0, 0.05) is 18.0 Å². The maximum atomic E-state index is 12.5. The van der Waals surface area contributed by atoms with Crippen LogP contribution in [0, 0.1) is 0 Å². The molecule has 0 spiro atoms. The Hall–Kier alpha value is -2.34. The van der Waals surface area contributed by atoms with Gasteiger partial charge in [0.25, 0.3) is 5.56 Å². The molecule has 2 heterocycles. The second kappa shape index (κ2) is 7.70. The van der Waals surface area contributed by atoms with Gasteiger partial charge in [-0.3, -0.25) is 9.78 Å². The number of methoxy groups -OCH3 is 1. The molecule has 0 saturated heterocycles. The third-order valence-corrected chi connectivity index (χ3v) is 5.38. The quantitative estimate of drug-likeness (QED) is 0.685. The number of aromatic amines is 1. The highest BCUT2D eigenvalue weighted by Gasteiger charge is 2.13. The number of hydrogen-bond donors (Lipinski definition) is 1. The lowest BCUT2D eigenvalue weighted by atomic mass is 10.2. The number of nitrogens with one attached hydrogen (secondary N) is 1. The maximum Gasteiger partial charge on any atom is 0.270 e. The molecule has 0 bridgehead atoms. The van der Waals surface area contributed by atoms with Gasteiger partial charge in [0.1, 0.15) is 10.4 Å². The zero-order chi connectivity index (χ0) is 17.8. The smallest absolute Gasteiger partial charge is 0.270 e. The largest absolute Gasteiger partial charge is 0.497 e. The predicted octanol–water partition coefficient (Wildman–Crippen LogP) is 4.29. The lowest BCUT2D eigenvalue weighted by Gasteiger charge is -2.20. The molecule has 0 aliphatic rings. The zero-order valence-electron chi connectivity index (χ0n) is 14.8. The molecule has 2 aromatic heterocycles. The topological polar surface area (TPSA) is 58.2 Å². The second-order valence-electron chi connectivity index (χ2n) is 5.88. The van der Waals surface area contributed by atoms with Crippen LogP contribution in [0.3, 0.4) is 0 Å². The van der Waals surface area contributed by atoms with Gasteiger partial charge < -0.3 is 9.64 Å². The molecule has 1 aromatic carbocycles. The summed E-state index contributed by atoms with van der Waals surface area (Å²) in [6.07, 6.45) is 2.19. The van der Waals surface area contributed by atoms with E-state index in [4.69, 9.17) is 9.72 Å². The van der Waals surface area contributed by atoms with Crippen molar-refractivity contribution in [3.63, 3.8) is 0 Å². The van der Waals surface area contributed by atoms with Crippen molar-refractivity contribution >= 4 is 27.5 Å². The average Bonchev–Trinajstić information content (AvgIpc) is 3.07. The predicted molar refractivity (Wildman–Crippen MR) is 105 cm³/mol. The fourth-order valence-corrected chi connectivity index (χ4v) is 3.73. The first-order valence-electron chi connectivity index (χ1n) is 8.59. The number of fused-ring (bicyclic) bond motifs is 1. The van der Waals surface area contributed by atoms with Gasteiger partial charge in [0.2, 0.25) is 5.95 Å². The number of H-pyrrole nitrogens is 1. The third kappa shape index (κ3) is 3.69. The van der Waals surface area contributed by atoms with Crippen LogP contribution in [0.15, 0.2) is 35.1 Å². The van der Waals surface area contributed by atoms with E-state index in [1.165, 1.54) is 11.3 Å². The zero-order valence-corrected chi connectivity index (χ0v) is 15.7. The maximum absolute atomic E-state index is 12.5. The number of nitrogens with zero attached hydrogens (tertiary/aromatic N) is 2. The molecule has 1 N–H and O–H groups in total. The highest BCUT2D eigenvalue weighted by atomic mass is 32.1. The van der Waals surface area contributed by atoms with Crippen LogP contribution in [-0.4, -0.2) is 30.2 Å². The summed E-state index contributed by atoms with van der Waals surface area (Å²) < 4.78 is 5.87. The summed E-state index contributed by atoms with van der Waals surface area (Å²) in [6, 6.07) is 9.84. The Balaban J connectivity index is 1.99. The SMILES string of the molecule is CCCCN(CC)c1nc2cc(-c3ccc(OC)cc3)sc2c(=O)[nH]1. The first-order valence-corrected chi connectivity index (χ1v) is 9.41. The summed E-state index contributed by atoms with van der Waals surface area (Å²) in [7, 11) is 1.65. The Bertz CT molecular complexity index is 899. The Labute approximate surface area is 151 Å². The van der Waals surface area contributed by atoms with Gasteiger partial charge >= 0.3 is 0 Å². The summed E-state index contributed by atoms with van der Waals surface area (Å²) >= 11 is 1.47. The van der Waals surface area contributed by atoms with Gasteiger partial charge in [-0.1, -0.05) is 13.3 Å². The Morgan fingerprint density at radius 2 is 2.00 bits per heavy atom. The highest BCUT2D eigenvalue weighted by Crippen LogP contribution is 2.32. The van der Waals surface area contributed by atoms with Gasteiger partial charge in [0.05, 0.1) is 12.6 Å². The van der Waals surface area contributed by atoms with E-state index in [1.54, 1.807) is 7.11 Å². The summed E-state index contributed by atoms with van der Waals surface area (Å²) in [5.74, 6) is 1.48. The van der Waals surface area contributed by atoms with Crippen LogP contribution in [0.25, 0.3) is 20.7 Å². The lowest BCUT2D eigenvalue weighted by molar-refractivity contribution is 0.415. The van der Waals surface area contributed by atoms with Crippen molar-refractivity contribution in [3.8, 4) is 16.2 Å². The lowest BCUT2D eigenvalue weighted by Crippen LogP contribution is -2.28. The monoisotopic (exact) mass is 357 g/mol. The van der Waals surface area contributed by atoms with Crippen LogP contribution in [0.1, 0.15) is 26.7 Å². The fourth-order valence-electron chi connectivity index (χ4n) is 2.74. The number of benzene rings is 1. The summed E-state index contributed by atoms with van der Waals surface area (Å²) in [6.45, 7) is 5.96. The van der Waals surface area contributed by atoms with E-state index in [2.05, 4.69) is 23.7 Å². The van der Waals surface area contributed by atoms with Gasteiger partial charge in [-0.2, -0.15) is 0 Å². The van der Waals surface area contributed by atoms with Crippen LogP contribution < -0.4 is 15.2 Å². The molecule has 0 atom stereocenters. The van der Waals surface area contributed by atoms with Gasteiger partial charge in [-0.15, -0.1) is 11.3 Å². The number of unbranched alkanes of at least 4 members (excludes halogenated alkanes) is 1. The number of hydrogen-bond acceptors (Lipinski definition) is 5. The summed E-state index contributed by atoms with van der Waals surface area (Å²) in [5, 5.41) is 0. The average molecular weight is 357 g/mol. The Morgan fingerprint density at radius 1 is 1.24 bits per heavy atom. The van der Waals surface area contributed by atoms with Crippen molar-refractivity contribution in [2.75, 3.05) is 25.1 Å². The first-order chi connectivity index (χ1) is 12.2. The van der Waals surface area contributed by atoms with Crippen LogP contribution >= 0.6 is 11.3 Å². The van der Waals surface area contributed by atoms with E-state index >= 15 is 0 Å². The molecule has 6 heteroatoms. The third-order valence-electron chi connectivity index (χ3n) is 4.21. The molecule has 0 aliphatic heterocycles. The van der Waals surface area contributed by atoms with E-state index in [9.17, 15) is 4.79 Å². The van der Waals surface area contributed by atoms with Gasteiger partial charge in [-0.05, 0) is 49.2 Å². The van der Waals surface area contributed by atoms with Crippen LogP contribution in [-0.2, 0) is 0 Å². The van der Waals surface area contributed by atoms with E-state index in [1.807, 2.05) is 30.3 Å². The van der Waals surface area contributed by atoms with Crippen LogP contribution in [0.2, 0.25) is 0 Å². The minimum atomic E-state index is -0.0697. The van der Waals surface area contributed by atoms with E-state index < -0.39 is 0 Å². The van der Waals surface area contributed by atoms with E-state index in [0.717, 1.165) is 47.6 Å². The number of rotatable bonds is 7. The number of thiophene rings is 1. The number of ether oxygens (including phenoxy) is 1. The second-order valence-corrected chi connectivity index (χ2v) is 6.93. The highest BCUT2D eigenvalue weighted by molar-refractivity contribution is 7.22. The molecule has 0 aliphatic carbocycles. The van der Waals surface area contributed by atoms with E-state index in [-0.39, 0.29) is 5.56 Å². The van der Waals surface area contributed by atoms with Crippen molar-refractivity contribution in [1.29, 1.82) is 0 Å². The molecule has 3 aromatic rings. The van der Waals surface area contributed by atoms with Crippen molar-refractivity contribution in [3.05, 3.63) is 40.7 Å². The Morgan fingerprint density at radius 3 is 2.64 bits per heavy atom. The molecule has 132 valence electrons. The minimum Gasteiger partial charge on any atom is -0.497 e.